The van der Waals surface area contributed by atoms with Crippen molar-refractivity contribution in [2.45, 2.75) is 10.8 Å². The fourth-order valence-corrected chi connectivity index (χ4v) is 3.17. The Morgan fingerprint density at radius 2 is 2.53 bits per heavy atom. The number of hydrazine groups is 1. The second-order valence-corrected chi connectivity index (χ2v) is 5.56. The second kappa shape index (κ2) is 5.48. The van der Waals surface area contributed by atoms with E-state index in [1.165, 1.54) is 28.5 Å². The molecule has 6 nitrogen and oxygen atoms in total. The minimum Gasteiger partial charge on any atom is -0.476 e. The summed E-state index contributed by atoms with van der Waals surface area (Å²) >= 11 is 2.77. The molecule has 17 heavy (non-hydrogen) atoms. The molecular formula is C9H11N3O3S2. The zero-order valence-corrected chi connectivity index (χ0v) is 10.5. The van der Waals surface area contributed by atoms with Gasteiger partial charge in [-0.1, -0.05) is 11.8 Å². The molecule has 2 N–H and O–H groups in total. The van der Waals surface area contributed by atoms with Gasteiger partial charge in [0.2, 0.25) is 5.91 Å². The Bertz CT molecular complexity index is 435. The SMILES string of the molecule is O=C(O)c1csc(SCCN2NCCC2=O)n1. The molecule has 1 amide bonds. The van der Waals surface area contributed by atoms with Gasteiger partial charge >= 0.3 is 5.97 Å². The van der Waals surface area contributed by atoms with Gasteiger partial charge in [0.1, 0.15) is 0 Å². The highest BCUT2D eigenvalue weighted by Crippen LogP contribution is 2.22. The predicted octanol–water partition coefficient (Wildman–Crippen LogP) is 0.670. The zero-order chi connectivity index (χ0) is 12.3. The smallest absolute Gasteiger partial charge is 0.355 e. The number of carbonyl (C=O) groups is 2. The number of carbonyl (C=O) groups excluding carboxylic acids is 1. The van der Waals surface area contributed by atoms with Crippen molar-refractivity contribution in [2.75, 3.05) is 18.8 Å². The standard InChI is InChI=1S/C9H11N3O3S2/c13-7-1-2-10-12(7)3-4-16-9-11-6(5-17-9)8(14)15/h5,10H,1-4H2,(H,14,15). The highest BCUT2D eigenvalue weighted by atomic mass is 32.2. The molecule has 0 unspecified atom stereocenters. The lowest BCUT2D eigenvalue weighted by Crippen LogP contribution is -2.35. The molecule has 0 saturated carbocycles. The summed E-state index contributed by atoms with van der Waals surface area (Å²) in [7, 11) is 0. The number of nitrogens with zero attached hydrogens (tertiary/aromatic N) is 2. The summed E-state index contributed by atoms with van der Waals surface area (Å²) in [5.41, 5.74) is 3.05. The van der Waals surface area contributed by atoms with E-state index < -0.39 is 5.97 Å². The van der Waals surface area contributed by atoms with Crippen molar-refractivity contribution in [3.63, 3.8) is 0 Å². The van der Waals surface area contributed by atoms with Crippen LogP contribution in [0, 0.1) is 0 Å². The molecule has 0 spiro atoms. The lowest BCUT2D eigenvalue weighted by molar-refractivity contribution is -0.129. The summed E-state index contributed by atoms with van der Waals surface area (Å²) in [6.45, 7) is 1.30. The number of nitrogens with one attached hydrogen (secondary N) is 1. The molecular weight excluding hydrogens is 262 g/mol. The third kappa shape index (κ3) is 3.18. The lowest BCUT2D eigenvalue weighted by Gasteiger charge is -2.14. The van der Waals surface area contributed by atoms with E-state index in [9.17, 15) is 9.59 Å². The van der Waals surface area contributed by atoms with Crippen molar-refractivity contribution >= 4 is 35.0 Å². The van der Waals surface area contributed by atoms with Crippen LogP contribution >= 0.6 is 23.1 Å². The van der Waals surface area contributed by atoms with Crippen LogP contribution in [0.25, 0.3) is 0 Å². The molecule has 8 heteroatoms. The van der Waals surface area contributed by atoms with Gasteiger partial charge < -0.3 is 5.11 Å². The Kier molecular flexibility index (Phi) is 3.97. The molecule has 1 fully saturated rings. The maximum atomic E-state index is 11.3. The van der Waals surface area contributed by atoms with Gasteiger partial charge in [-0.15, -0.1) is 11.3 Å². The number of hydrogen-bond donors (Lipinski definition) is 2. The Morgan fingerprint density at radius 1 is 1.71 bits per heavy atom. The van der Waals surface area contributed by atoms with Crippen molar-refractivity contribution in [3.8, 4) is 0 Å². The zero-order valence-electron chi connectivity index (χ0n) is 8.88. The number of thiazole rings is 1. The maximum Gasteiger partial charge on any atom is 0.355 e. The van der Waals surface area contributed by atoms with Gasteiger partial charge in [-0.3, -0.25) is 9.80 Å². The fourth-order valence-electron chi connectivity index (χ4n) is 1.37. The molecule has 2 heterocycles. The molecule has 1 saturated heterocycles. The number of amides is 1. The average molecular weight is 273 g/mol. The van der Waals surface area contributed by atoms with Crippen molar-refractivity contribution < 1.29 is 14.7 Å². The minimum atomic E-state index is -1.01. The first-order chi connectivity index (χ1) is 8.16. The predicted molar refractivity (Wildman–Crippen MR) is 64.1 cm³/mol. The van der Waals surface area contributed by atoms with E-state index in [-0.39, 0.29) is 11.6 Å². The highest BCUT2D eigenvalue weighted by molar-refractivity contribution is 8.01. The van der Waals surface area contributed by atoms with Crippen LogP contribution in [0.1, 0.15) is 16.9 Å². The molecule has 1 aromatic rings. The Morgan fingerprint density at radius 3 is 3.12 bits per heavy atom. The largest absolute Gasteiger partial charge is 0.476 e. The molecule has 0 bridgehead atoms. The van der Waals surface area contributed by atoms with Gasteiger partial charge in [-0.05, 0) is 0 Å². The van der Waals surface area contributed by atoms with Gasteiger partial charge in [-0.2, -0.15) is 0 Å². The number of hydrogen-bond acceptors (Lipinski definition) is 6. The first-order valence-corrected chi connectivity index (χ1v) is 6.89. The summed E-state index contributed by atoms with van der Waals surface area (Å²) in [5, 5.41) is 11.8. The van der Waals surface area contributed by atoms with Crippen LogP contribution in [0.4, 0.5) is 0 Å². The van der Waals surface area contributed by atoms with Gasteiger partial charge in [0.15, 0.2) is 10.0 Å². The highest BCUT2D eigenvalue weighted by Gasteiger charge is 2.19. The molecule has 0 atom stereocenters. The van der Waals surface area contributed by atoms with E-state index >= 15 is 0 Å². The van der Waals surface area contributed by atoms with Crippen molar-refractivity contribution in [2.24, 2.45) is 0 Å². The monoisotopic (exact) mass is 273 g/mol. The van der Waals surface area contributed by atoms with Crippen LogP contribution in [0.2, 0.25) is 0 Å². The van der Waals surface area contributed by atoms with Crippen LogP contribution < -0.4 is 5.43 Å². The average Bonchev–Trinajstić information content (AvgIpc) is 2.89. The first-order valence-electron chi connectivity index (χ1n) is 5.02. The molecule has 0 aliphatic carbocycles. The molecule has 0 radical (unpaired) electrons. The number of aromatic carboxylic acids is 1. The first kappa shape index (κ1) is 12.3. The molecule has 0 aromatic carbocycles. The Hall–Kier alpha value is -1.12. The summed E-state index contributed by atoms with van der Waals surface area (Å²) in [6, 6.07) is 0. The van der Waals surface area contributed by atoms with Crippen molar-refractivity contribution in [3.05, 3.63) is 11.1 Å². The number of carboxylic acids is 1. The number of thioether (sulfide) groups is 1. The Balaban J connectivity index is 1.77. The molecule has 92 valence electrons. The van der Waals surface area contributed by atoms with E-state index in [0.29, 0.717) is 29.6 Å². The fraction of sp³-hybridized carbons (Fsp3) is 0.444. The van der Waals surface area contributed by atoms with Gasteiger partial charge in [-0.25, -0.2) is 15.2 Å². The second-order valence-electron chi connectivity index (χ2n) is 3.36. The Labute approximate surface area is 106 Å². The normalized spacial score (nSPS) is 15.5. The number of aromatic nitrogens is 1. The third-order valence-electron chi connectivity index (χ3n) is 2.19. The van der Waals surface area contributed by atoms with Crippen molar-refractivity contribution in [1.82, 2.24) is 15.4 Å². The summed E-state index contributed by atoms with van der Waals surface area (Å²) in [5.74, 6) is -0.203. The van der Waals surface area contributed by atoms with Crippen LogP contribution in [0.15, 0.2) is 9.72 Å². The molecule has 2 rings (SSSR count). The number of rotatable bonds is 5. The summed E-state index contributed by atoms with van der Waals surface area (Å²) in [4.78, 5) is 25.8. The van der Waals surface area contributed by atoms with Crippen LogP contribution in [0.5, 0.6) is 0 Å². The minimum absolute atomic E-state index is 0.0767. The molecule has 1 aromatic heterocycles. The topological polar surface area (TPSA) is 82.5 Å². The molecule has 1 aliphatic rings. The van der Waals surface area contributed by atoms with Crippen LogP contribution in [-0.2, 0) is 4.79 Å². The summed E-state index contributed by atoms with van der Waals surface area (Å²) in [6.07, 6.45) is 0.547. The van der Waals surface area contributed by atoms with Crippen molar-refractivity contribution in [1.29, 1.82) is 0 Å². The lowest BCUT2D eigenvalue weighted by atomic mass is 10.4. The van der Waals surface area contributed by atoms with Crippen LogP contribution in [0.3, 0.4) is 0 Å². The van der Waals surface area contributed by atoms with Gasteiger partial charge in [0.05, 0.1) is 0 Å². The van der Waals surface area contributed by atoms with E-state index in [1.54, 1.807) is 5.01 Å². The van der Waals surface area contributed by atoms with E-state index in [0.717, 1.165) is 0 Å². The van der Waals surface area contributed by atoms with E-state index in [1.807, 2.05) is 0 Å². The van der Waals surface area contributed by atoms with Gasteiger partial charge in [0.25, 0.3) is 0 Å². The maximum absolute atomic E-state index is 11.3. The summed E-state index contributed by atoms with van der Waals surface area (Å²) < 4.78 is 0.717. The van der Waals surface area contributed by atoms with Gasteiger partial charge in [0, 0.05) is 30.6 Å². The number of carboxylic acid groups (broad SMARTS) is 1. The van der Waals surface area contributed by atoms with Crippen LogP contribution in [-0.4, -0.2) is 45.8 Å². The quantitative estimate of drug-likeness (QED) is 0.767. The third-order valence-corrected chi connectivity index (χ3v) is 4.19. The van der Waals surface area contributed by atoms with E-state index in [4.69, 9.17) is 5.11 Å². The van der Waals surface area contributed by atoms with E-state index in [2.05, 4.69) is 10.4 Å². The molecule has 1 aliphatic heterocycles.